The standard InChI is InChI=1S/C10H9Br2NO/c11-5-7-3-6-4-8(12)1-2-9(6)13-10(7)14/h1-2,4,7H,3,5H2,(H,13,14). The second-order valence-corrected chi connectivity index (χ2v) is 4.91. The maximum absolute atomic E-state index is 11.5. The summed E-state index contributed by atoms with van der Waals surface area (Å²) in [4.78, 5) is 11.5. The van der Waals surface area contributed by atoms with Crippen LogP contribution in [-0.2, 0) is 11.2 Å². The molecule has 1 heterocycles. The van der Waals surface area contributed by atoms with Crippen molar-refractivity contribution in [2.24, 2.45) is 5.92 Å². The zero-order valence-corrected chi connectivity index (χ0v) is 10.6. The molecule has 1 amide bonds. The highest BCUT2D eigenvalue weighted by molar-refractivity contribution is 9.10. The number of rotatable bonds is 1. The van der Waals surface area contributed by atoms with E-state index in [1.165, 1.54) is 5.56 Å². The van der Waals surface area contributed by atoms with Crippen molar-refractivity contribution in [2.75, 3.05) is 10.6 Å². The number of hydrogen-bond acceptors (Lipinski definition) is 1. The van der Waals surface area contributed by atoms with E-state index in [-0.39, 0.29) is 11.8 Å². The molecule has 1 aromatic carbocycles. The lowest BCUT2D eigenvalue weighted by Gasteiger charge is -2.23. The Kier molecular flexibility index (Phi) is 2.93. The van der Waals surface area contributed by atoms with Crippen LogP contribution in [-0.4, -0.2) is 11.2 Å². The van der Waals surface area contributed by atoms with Crippen molar-refractivity contribution in [3.8, 4) is 0 Å². The fraction of sp³-hybridized carbons (Fsp3) is 0.300. The van der Waals surface area contributed by atoms with E-state index in [1.807, 2.05) is 12.1 Å². The molecule has 0 aliphatic carbocycles. The number of carbonyl (C=O) groups is 1. The SMILES string of the molecule is O=C1Nc2ccc(Br)cc2CC1CBr. The average Bonchev–Trinajstić information content (AvgIpc) is 2.17. The predicted molar refractivity (Wildman–Crippen MR) is 63.8 cm³/mol. The number of fused-ring (bicyclic) bond motifs is 1. The van der Waals surface area contributed by atoms with Crippen molar-refractivity contribution in [3.05, 3.63) is 28.2 Å². The minimum absolute atomic E-state index is 0.0526. The summed E-state index contributed by atoms with van der Waals surface area (Å²) in [5, 5.41) is 3.61. The molecule has 1 aromatic rings. The lowest BCUT2D eigenvalue weighted by molar-refractivity contribution is -0.119. The van der Waals surface area contributed by atoms with Gasteiger partial charge in [-0.25, -0.2) is 0 Å². The molecule has 1 N–H and O–H groups in total. The molecular weight excluding hydrogens is 310 g/mol. The van der Waals surface area contributed by atoms with Gasteiger partial charge in [-0.2, -0.15) is 0 Å². The minimum atomic E-state index is 0.0526. The molecule has 14 heavy (non-hydrogen) atoms. The van der Waals surface area contributed by atoms with Gasteiger partial charge in [0.2, 0.25) is 5.91 Å². The number of benzene rings is 1. The lowest BCUT2D eigenvalue weighted by Crippen LogP contribution is -2.30. The third-order valence-electron chi connectivity index (χ3n) is 2.35. The first-order chi connectivity index (χ1) is 6.70. The number of amides is 1. The Morgan fingerprint density at radius 3 is 3.00 bits per heavy atom. The van der Waals surface area contributed by atoms with Crippen molar-refractivity contribution in [2.45, 2.75) is 6.42 Å². The van der Waals surface area contributed by atoms with Gasteiger partial charge in [-0.3, -0.25) is 4.79 Å². The van der Waals surface area contributed by atoms with Gasteiger partial charge in [0.15, 0.2) is 0 Å². The molecule has 0 aromatic heterocycles. The minimum Gasteiger partial charge on any atom is -0.326 e. The number of carbonyl (C=O) groups excluding carboxylic acids is 1. The fourth-order valence-corrected chi connectivity index (χ4v) is 2.50. The van der Waals surface area contributed by atoms with Crippen LogP contribution in [0, 0.1) is 5.92 Å². The van der Waals surface area contributed by atoms with E-state index in [0.717, 1.165) is 16.6 Å². The summed E-state index contributed by atoms with van der Waals surface area (Å²) in [5.74, 6) is 0.161. The Labute approximate surface area is 99.3 Å². The van der Waals surface area contributed by atoms with Crippen molar-refractivity contribution >= 4 is 43.5 Å². The summed E-state index contributed by atoms with van der Waals surface area (Å²) in [5.41, 5.74) is 2.14. The van der Waals surface area contributed by atoms with E-state index in [0.29, 0.717) is 5.33 Å². The molecule has 0 saturated heterocycles. The third kappa shape index (κ3) is 1.86. The van der Waals surface area contributed by atoms with Crippen LogP contribution < -0.4 is 5.32 Å². The Hall–Kier alpha value is -0.350. The maximum Gasteiger partial charge on any atom is 0.228 e. The summed E-state index contributed by atoms with van der Waals surface area (Å²) < 4.78 is 1.06. The van der Waals surface area contributed by atoms with Crippen LogP contribution in [0.1, 0.15) is 5.56 Å². The van der Waals surface area contributed by atoms with Crippen LogP contribution in [0.15, 0.2) is 22.7 Å². The van der Waals surface area contributed by atoms with Crippen molar-refractivity contribution in [3.63, 3.8) is 0 Å². The number of anilines is 1. The van der Waals surface area contributed by atoms with E-state index < -0.39 is 0 Å². The molecule has 0 saturated carbocycles. The molecule has 0 spiro atoms. The van der Waals surface area contributed by atoms with E-state index >= 15 is 0 Å². The summed E-state index contributed by atoms with van der Waals surface area (Å²) in [6.07, 6.45) is 0.811. The van der Waals surface area contributed by atoms with Crippen LogP contribution in [0.25, 0.3) is 0 Å². The zero-order chi connectivity index (χ0) is 10.1. The average molecular weight is 319 g/mol. The first-order valence-corrected chi connectivity index (χ1v) is 6.27. The summed E-state index contributed by atoms with van der Waals surface area (Å²) in [7, 11) is 0. The molecule has 1 aliphatic rings. The third-order valence-corrected chi connectivity index (χ3v) is 3.62. The fourth-order valence-electron chi connectivity index (χ4n) is 1.57. The molecule has 2 rings (SSSR count). The molecule has 0 radical (unpaired) electrons. The highest BCUT2D eigenvalue weighted by Gasteiger charge is 2.24. The second kappa shape index (κ2) is 4.03. The number of alkyl halides is 1. The highest BCUT2D eigenvalue weighted by atomic mass is 79.9. The van der Waals surface area contributed by atoms with Gasteiger partial charge in [0.1, 0.15) is 0 Å². The number of nitrogens with one attached hydrogen (secondary N) is 1. The Bertz CT molecular complexity index is 378. The van der Waals surface area contributed by atoms with E-state index in [4.69, 9.17) is 0 Å². The van der Waals surface area contributed by atoms with Gasteiger partial charge in [0.25, 0.3) is 0 Å². The first kappa shape index (κ1) is 10.2. The molecule has 1 atom stereocenters. The molecule has 0 fully saturated rings. The van der Waals surface area contributed by atoms with Gasteiger partial charge in [0.05, 0.1) is 5.92 Å². The maximum atomic E-state index is 11.5. The normalized spacial score (nSPS) is 20.1. The zero-order valence-electron chi connectivity index (χ0n) is 7.39. The molecule has 74 valence electrons. The van der Waals surface area contributed by atoms with Crippen LogP contribution in [0.4, 0.5) is 5.69 Å². The number of halogens is 2. The van der Waals surface area contributed by atoms with Gasteiger partial charge in [0, 0.05) is 15.5 Å². The van der Waals surface area contributed by atoms with Crippen LogP contribution in [0.3, 0.4) is 0 Å². The van der Waals surface area contributed by atoms with Crippen LogP contribution in [0.2, 0.25) is 0 Å². The smallest absolute Gasteiger partial charge is 0.228 e. The second-order valence-electron chi connectivity index (χ2n) is 3.35. The van der Waals surface area contributed by atoms with Crippen LogP contribution >= 0.6 is 31.9 Å². The van der Waals surface area contributed by atoms with E-state index in [1.54, 1.807) is 0 Å². The highest BCUT2D eigenvalue weighted by Crippen LogP contribution is 2.28. The Morgan fingerprint density at radius 1 is 1.50 bits per heavy atom. The van der Waals surface area contributed by atoms with Crippen molar-refractivity contribution in [1.82, 2.24) is 0 Å². The van der Waals surface area contributed by atoms with Gasteiger partial charge >= 0.3 is 0 Å². The molecule has 2 nitrogen and oxygen atoms in total. The topological polar surface area (TPSA) is 29.1 Å². The molecule has 0 bridgehead atoms. The van der Waals surface area contributed by atoms with Crippen molar-refractivity contribution < 1.29 is 4.79 Å². The first-order valence-electron chi connectivity index (χ1n) is 4.36. The molecule has 1 unspecified atom stereocenters. The van der Waals surface area contributed by atoms with E-state index in [2.05, 4.69) is 43.2 Å². The Balaban J connectivity index is 2.36. The summed E-state index contributed by atoms with van der Waals surface area (Å²) in [6, 6.07) is 5.93. The van der Waals surface area contributed by atoms with Crippen molar-refractivity contribution in [1.29, 1.82) is 0 Å². The quantitative estimate of drug-likeness (QED) is 0.793. The number of hydrogen-bond donors (Lipinski definition) is 1. The van der Waals surface area contributed by atoms with Gasteiger partial charge in [-0.15, -0.1) is 0 Å². The van der Waals surface area contributed by atoms with Gasteiger partial charge < -0.3 is 5.32 Å². The largest absolute Gasteiger partial charge is 0.326 e. The van der Waals surface area contributed by atoms with Crippen LogP contribution in [0.5, 0.6) is 0 Å². The monoisotopic (exact) mass is 317 g/mol. The summed E-state index contributed by atoms with van der Waals surface area (Å²) in [6.45, 7) is 0. The molecule has 1 aliphatic heterocycles. The van der Waals surface area contributed by atoms with E-state index in [9.17, 15) is 4.79 Å². The molecule has 4 heteroatoms. The van der Waals surface area contributed by atoms with Gasteiger partial charge in [-0.05, 0) is 30.2 Å². The molecular formula is C10H9Br2NO. The summed E-state index contributed by atoms with van der Waals surface area (Å²) >= 11 is 6.77. The predicted octanol–water partition coefficient (Wildman–Crippen LogP) is 2.95. The van der Waals surface area contributed by atoms with Gasteiger partial charge in [-0.1, -0.05) is 31.9 Å². The Morgan fingerprint density at radius 2 is 2.29 bits per heavy atom. The lowest BCUT2D eigenvalue weighted by atomic mass is 9.95.